The van der Waals surface area contributed by atoms with Crippen molar-refractivity contribution in [1.82, 2.24) is 15.3 Å². The van der Waals surface area contributed by atoms with Gasteiger partial charge in [0, 0.05) is 24.5 Å². The largest absolute Gasteiger partial charge is 0.378 e. The second-order valence-corrected chi connectivity index (χ2v) is 6.08. The predicted octanol–water partition coefficient (Wildman–Crippen LogP) is 2.25. The molecule has 0 unspecified atom stereocenters. The molecule has 0 atom stereocenters. The summed E-state index contributed by atoms with van der Waals surface area (Å²) in [5.74, 6) is 0.694. The number of carbonyl (C=O) groups is 1. The molecule has 1 fully saturated rings. The first-order chi connectivity index (χ1) is 12.1. The minimum atomic E-state index is -0.255. The Labute approximate surface area is 147 Å². The van der Waals surface area contributed by atoms with Crippen LogP contribution >= 0.6 is 0 Å². The Morgan fingerprint density at radius 3 is 2.76 bits per heavy atom. The van der Waals surface area contributed by atoms with Gasteiger partial charge in [-0.25, -0.2) is 14.8 Å². The van der Waals surface area contributed by atoms with E-state index >= 15 is 0 Å². The van der Waals surface area contributed by atoms with Gasteiger partial charge in [0.25, 0.3) is 0 Å². The van der Waals surface area contributed by atoms with Crippen LogP contribution in [0.5, 0.6) is 0 Å². The van der Waals surface area contributed by atoms with Crippen molar-refractivity contribution >= 4 is 17.7 Å². The number of aromatic nitrogens is 2. The van der Waals surface area contributed by atoms with Gasteiger partial charge in [0.2, 0.25) is 5.95 Å². The van der Waals surface area contributed by atoms with E-state index in [1.54, 1.807) is 0 Å². The Balaban J connectivity index is 1.60. The molecule has 25 heavy (non-hydrogen) atoms. The number of carbonyl (C=O) groups excluding carboxylic acids is 1. The predicted molar refractivity (Wildman–Crippen MR) is 96.8 cm³/mol. The van der Waals surface area contributed by atoms with Gasteiger partial charge >= 0.3 is 6.03 Å². The fourth-order valence-electron chi connectivity index (χ4n) is 2.68. The van der Waals surface area contributed by atoms with Crippen LogP contribution in [0.3, 0.4) is 0 Å². The first-order valence-electron chi connectivity index (χ1n) is 8.39. The third-order valence-corrected chi connectivity index (χ3v) is 3.90. The number of anilines is 2. The molecule has 0 saturated carbocycles. The van der Waals surface area contributed by atoms with Gasteiger partial charge in [0.05, 0.1) is 25.5 Å². The Hall–Kier alpha value is -2.67. The van der Waals surface area contributed by atoms with Crippen molar-refractivity contribution in [3.8, 4) is 0 Å². The number of ether oxygens (including phenoxy) is 1. The molecule has 2 aromatic rings. The zero-order valence-corrected chi connectivity index (χ0v) is 14.6. The summed E-state index contributed by atoms with van der Waals surface area (Å²) in [4.78, 5) is 23.2. The van der Waals surface area contributed by atoms with Crippen LogP contribution in [0.4, 0.5) is 16.4 Å². The maximum atomic E-state index is 12.1. The highest BCUT2D eigenvalue weighted by atomic mass is 16.5. The number of nitrogens with zero attached hydrogens (tertiary/aromatic N) is 3. The number of benzene rings is 1. The molecule has 3 rings (SSSR count). The van der Waals surface area contributed by atoms with Gasteiger partial charge in [-0.2, -0.15) is 0 Å². The van der Waals surface area contributed by atoms with Gasteiger partial charge < -0.3 is 20.3 Å². The van der Waals surface area contributed by atoms with Crippen LogP contribution in [0.2, 0.25) is 0 Å². The second-order valence-electron chi connectivity index (χ2n) is 6.08. The molecule has 1 aromatic carbocycles. The average Bonchev–Trinajstić information content (AvgIpc) is 2.60. The second kappa shape index (κ2) is 7.94. The molecule has 0 bridgehead atoms. The average molecular weight is 341 g/mol. The van der Waals surface area contributed by atoms with E-state index in [0.717, 1.165) is 35.7 Å². The normalized spacial score (nSPS) is 14.2. The smallest absolute Gasteiger partial charge is 0.319 e. The van der Waals surface area contributed by atoms with E-state index in [4.69, 9.17) is 4.74 Å². The van der Waals surface area contributed by atoms with E-state index in [0.29, 0.717) is 25.7 Å². The van der Waals surface area contributed by atoms with Crippen molar-refractivity contribution in [1.29, 1.82) is 0 Å². The first-order valence-corrected chi connectivity index (χ1v) is 8.39. The number of rotatable bonds is 4. The quantitative estimate of drug-likeness (QED) is 0.892. The van der Waals surface area contributed by atoms with Gasteiger partial charge in [-0.3, -0.25) is 0 Å². The number of nitrogens with one attached hydrogen (secondary N) is 2. The molecule has 1 aromatic heterocycles. The number of aryl methyl sites for hydroxylation is 2. The molecule has 2 amide bonds. The van der Waals surface area contributed by atoms with Crippen LogP contribution in [0.15, 0.2) is 30.3 Å². The molecule has 2 heterocycles. The summed E-state index contributed by atoms with van der Waals surface area (Å²) in [7, 11) is 0. The van der Waals surface area contributed by atoms with Crippen molar-refractivity contribution in [3.05, 3.63) is 47.3 Å². The van der Waals surface area contributed by atoms with Crippen LogP contribution in [0.25, 0.3) is 0 Å². The van der Waals surface area contributed by atoms with E-state index in [1.165, 1.54) is 0 Å². The minimum Gasteiger partial charge on any atom is -0.378 e. The molecule has 0 radical (unpaired) electrons. The lowest BCUT2D eigenvalue weighted by Crippen LogP contribution is -2.37. The fraction of sp³-hybridized carbons (Fsp3) is 0.389. The fourth-order valence-corrected chi connectivity index (χ4v) is 2.68. The Morgan fingerprint density at radius 2 is 2.00 bits per heavy atom. The van der Waals surface area contributed by atoms with Gasteiger partial charge in [0.1, 0.15) is 0 Å². The highest BCUT2D eigenvalue weighted by molar-refractivity contribution is 5.89. The lowest BCUT2D eigenvalue weighted by Gasteiger charge is -2.27. The van der Waals surface area contributed by atoms with Crippen molar-refractivity contribution < 1.29 is 9.53 Å². The molecule has 1 aliphatic heterocycles. The summed E-state index contributed by atoms with van der Waals surface area (Å²) in [5, 5.41) is 5.67. The lowest BCUT2D eigenvalue weighted by atomic mass is 10.2. The van der Waals surface area contributed by atoms with Crippen LogP contribution < -0.4 is 15.5 Å². The van der Waals surface area contributed by atoms with Crippen LogP contribution in [-0.2, 0) is 11.3 Å². The van der Waals surface area contributed by atoms with Crippen LogP contribution in [0.1, 0.15) is 17.0 Å². The minimum absolute atomic E-state index is 0.255. The molecule has 1 aliphatic rings. The van der Waals surface area contributed by atoms with Gasteiger partial charge in [-0.1, -0.05) is 12.1 Å². The Bertz CT molecular complexity index is 744. The third kappa shape index (κ3) is 4.90. The molecular weight excluding hydrogens is 318 g/mol. The molecule has 132 valence electrons. The maximum absolute atomic E-state index is 12.1. The topological polar surface area (TPSA) is 79.4 Å². The van der Waals surface area contributed by atoms with Crippen molar-refractivity contribution in [2.45, 2.75) is 20.4 Å². The number of morpholine rings is 1. The van der Waals surface area contributed by atoms with E-state index in [-0.39, 0.29) is 6.03 Å². The van der Waals surface area contributed by atoms with E-state index in [2.05, 4.69) is 25.5 Å². The molecule has 1 saturated heterocycles. The van der Waals surface area contributed by atoms with Gasteiger partial charge in [-0.05, 0) is 37.6 Å². The summed E-state index contributed by atoms with van der Waals surface area (Å²) < 4.78 is 5.36. The summed E-state index contributed by atoms with van der Waals surface area (Å²) in [6, 6.07) is 9.31. The highest BCUT2D eigenvalue weighted by Crippen LogP contribution is 2.13. The number of hydrogen-bond acceptors (Lipinski definition) is 5. The van der Waals surface area contributed by atoms with Crippen molar-refractivity contribution in [2.24, 2.45) is 0 Å². The zero-order chi connectivity index (χ0) is 17.6. The Morgan fingerprint density at radius 1 is 1.20 bits per heavy atom. The lowest BCUT2D eigenvalue weighted by molar-refractivity contribution is 0.122. The van der Waals surface area contributed by atoms with Crippen LogP contribution in [0, 0.1) is 13.8 Å². The summed E-state index contributed by atoms with van der Waals surface area (Å²) in [6.45, 7) is 7.20. The first kappa shape index (κ1) is 17.2. The van der Waals surface area contributed by atoms with Gasteiger partial charge in [0.15, 0.2) is 0 Å². The summed E-state index contributed by atoms with van der Waals surface area (Å²) in [5.41, 5.74) is 3.53. The summed E-state index contributed by atoms with van der Waals surface area (Å²) >= 11 is 0. The van der Waals surface area contributed by atoms with Crippen LogP contribution in [-0.4, -0.2) is 42.3 Å². The maximum Gasteiger partial charge on any atom is 0.319 e. The Kier molecular flexibility index (Phi) is 5.45. The molecule has 0 spiro atoms. The van der Waals surface area contributed by atoms with E-state index < -0.39 is 0 Å². The zero-order valence-electron chi connectivity index (χ0n) is 14.6. The van der Waals surface area contributed by atoms with Crippen molar-refractivity contribution in [3.63, 3.8) is 0 Å². The molecular formula is C18H23N5O2. The molecule has 0 aliphatic carbocycles. The molecule has 2 N–H and O–H groups in total. The SMILES string of the molecule is Cc1cccc(NC(=O)NCc2cc(C)nc(N3CCOCC3)n2)c1. The van der Waals surface area contributed by atoms with E-state index in [9.17, 15) is 4.79 Å². The van der Waals surface area contributed by atoms with E-state index in [1.807, 2.05) is 44.2 Å². The monoisotopic (exact) mass is 341 g/mol. The number of amides is 2. The molecule has 7 heteroatoms. The third-order valence-electron chi connectivity index (χ3n) is 3.90. The van der Waals surface area contributed by atoms with Crippen molar-refractivity contribution in [2.75, 3.05) is 36.5 Å². The summed E-state index contributed by atoms with van der Waals surface area (Å²) in [6.07, 6.45) is 0. The number of urea groups is 1. The standard InChI is InChI=1S/C18H23N5O2/c1-13-4-3-5-15(10-13)22-18(24)19-12-16-11-14(2)20-17(21-16)23-6-8-25-9-7-23/h3-5,10-11H,6-9,12H2,1-2H3,(H2,19,22,24). The van der Waals surface area contributed by atoms with Gasteiger partial charge in [-0.15, -0.1) is 0 Å². The molecule has 7 nitrogen and oxygen atoms in total. The number of hydrogen-bond donors (Lipinski definition) is 2. The highest BCUT2D eigenvalue weighted by Gasteiger charge is 2.15.